The first-order valence-electron chi connectivity index (χ1n) is 10.7. The van der Waals surface area contributed by atoms with Gasteiger partial charge in [-0.3, -0.25) is 4.79 Å². The molecule has 1 aliphatic carbocycles. The number of amides is 1. The van der Waals surface area contributed by atoms with Crippen LogP contribution in [-0.2, 0) is 0 Å². The van der Waals surface area contributed by atoms with Crippen LogP contribution >= 0.6 is 0 Å². The van der Waals surface area contributed by atoms with Gasteiger partial charge < -0.3 is 9.32 Å². The average molecular weight is 415 g/mol. The molecule has 0 aliphatic heterocycles. The molecule has 31 heavy (non-hydrogen) atoms. The minimum absolute atomic E-state index is 0.0189. The molecule has 0 spiro atoms. The number of aromatic nitrogens is 2. The fourth-order valence-corrected chi connectivity index (χ4v) is 4.09. The Balaban J connectivity index is 1.41. The Morgan fingerprint density at radius 2 is 1.71 bits per heavy atom. The Hall–Kier alpha value is -3.46. The van der Waals surface area contributed by atoms with E-state index < -0.39 is 0 Å². The van der Waals surface area contributed by atoms with Gasteiger partial charge in [-0.1, -0.05) is 38.1 Å². The molecule has 1 heterocycles. The molecule has 1 amide bonds. The number of benzene rings is 2. The molecule has 6 heteroatoms. The quantitative estimate of drug-likeness (QED) is 0.577. The van der Waals surface area contributed by atoms with Gasteiger partial charge in [0.1, 0.15) is 0 Å². The smallest absolute Gasteiger partial charge is 0.253 e. The van der Waals surface area contributed by atoms with Gasteiger partial charge in [-0.2, -0.15) is 5.26 Å². The summed E-state index contributed by atoms with van der Waals surface area (Å²) in [6, 6.07) is 17.4. The number of nitrogens with zero attached hydrogens (tertiary/aromatic N) is 4. The second-order valence-electron chi connectivity index (χ2n) is 8.48. The highest BCUT2D eigenvalue weighted by molar-refractivity contribution is 5.94. The molecule has 3 aromatic rings. The summed E-state index contributed by atoms with van der Waals surface area (Å²) in [7, 11) is 1.87. The molecule has 4 rings (SSSR count). The maximum atomic E-state index is 13.0. The largest absolute Gasteiger partial charge is 0.425 e. The van der Waals surface area contributed by atoms with Crippen LogP contribution in [0.15, 0.2) is 52.9 Å². The number of hydrogen-bond acceptors (Lipinski definition) is 5. The van der Waals surface area contributed by atoms with E-state index in [4.69, 9.17) is 9.68 Å². The van der Waals surface area contributed by atoms with Gasteiger partial charge in [-0.05, 0) is 54.7 Å². The normalized spacial score (nSPS) is 18.2. The van der Waals surface area contributed by atoms with E-state index in [1.54, 1.807) is 12.1 Å². The van der Waals surface area contributed by atoms with E-state index in [0.29, 0.717) is 22.9 Å². The van der Waals surface area contributed by atoms with Crippen LogP contribution in [0.1, 0.15) is 72.6 Å². The van der Waals surface area contributed by atoms with Crippen molar-refractivity contribution in [2.75, 3.05) is 7.05 Å². The van der Waals surface area contributed by atoms with E-state index in [9.17, 15) is 4.79 Å². The number of hydrogen-bond donors (Lipinski definition) is 0. The second-order valence-corrected chi connectivity index (χ2v) is 8.48. The molecule has 0 bridgehead atoms. The van der Waals surface area contributed by atoms with E-state index in [1.807, 2.05) is 62.2 Å². The van der Waals surface area contributed by atoms with Crippen LogP contribution in [0.5, 0.6) is 0 Å². The molecule has 1 aliphatic rings. The van der Waals surface area contributed by atoms with Crippen molar-refractivity contribution in [2.45, 2.75) is 51.0 Å². The van der Waals surface area contributed by atoms with Crippen molar-refractivity contribution < 1.29 is 9.21 Å². The van der Waals surface area contributed by atoms with Crippen LogP contribution < -0.4 is 0 Å². The lowest BCUT2D eigenvalue weighted by molar-refractivity contribution is 0.0733. The highest BCUT2D eigenvalue weighted by Crippen LogP contribution is 2.37. The fourth-order valence-electron chi connectivity index (χ4n) is 4.09. The lowest BCUT2D eigenvalue weighted by Crippen LogP contribution is -2.35. The lowest BCUT2D eigenvalue weighted by atomic mass is 10.0. The zero-order valence-corrected chi connectivity index (χ0v) is 18.1. The lowest BCUT2D eigenvalue weighted by Gasteiger charge is -2.24. The summed E-state index contributed by atoms with van der Waals surface area (Å²) in [5, 5.41) is 17.3. The summed E-state index contributed by atoms with van der Waals surface area (Å²) >= 11 is 0. The molecule has 158 valence electrons. The van der Waals surface area contributed by atoms with Gasteiger partial charge in [-0.25, -0.2) is 0 Å². The SMILES string of the molecule is CC(C)c1nnc([C@H]2CC[C@@H](N(C)C(=O)c3ccc(-c4ccc(C#N)cc4)cc3)C2)o1. The van der Waals surface area contributed by atoms with E-state index >= 15 is 0 Å². The van der Waals surface area contributed by atoms with Gasteiger partial charge in [0.2, 0.25) is 11.8 Å². The summed E-state index contributed by atoms with van der Waals surface area (Å²) in [6.07, 6.45) is 2.71. The van der Waals surface area contributed by atoms with Crippen molar-refractivity contribution in [1.82, 2.24) is 15.1 Å². The molecule has 0 saturated heterocycles. The van der Waals surface area contributed by atoms with Crippen molar-refractivity contribution in [3.05, 3.63) is 71.4 Å². The highest BCUT2D eigenvalue weighted by atomic mass is 16.4. The van der Waals surface area contributed by atoms with Crippen molar-refractivity contribution in [2.24, 2.45) is 0 Å². The first-order chi connectivity index (χ1) is 15.0. The second kappa shape index (κ2) is 8.73. The molecule has 0 N–H and O–H groups in total. The van der Waals surface area contributed by atoms with E-state index in [1.165, 1.54) is 0 Å². The Morgan fingerprint density at radius 3 is 2.29 bits per heavy atom. The molecular formula is C25H26N4O2. The minimum atomic E-state index is 0.0189. The van der Waals surface area contributed by atoms with E-state index in [2.05, 4.69) is 16.3 Å². The predicted octanol–water partition coefficient (Wildman–Crippen LogP) is 5.14. The van der Waals surface area contributed by atoms with Crippen molar-refractivity contribution >= 4 is 5.91 Å². The van der Waals surface area contributed by atoms with Gasteiger partial charge in [0, 0.05) is 30.5 Å². The predicted molar refractivity (Wildman–Crippen MR) is 117 cm³/mol. The number of nitriles is 1. The van der Waals surface area contributed by atoms with Gasteiger partial charge in [0.15, 0.2) is 0 Å². The summed E-state index contributed by atoms with van der Waals surface area (Å²) in [5.74, 6) is 1.81. The minimum Gasteiger partial charge on any atom is -0.425 e. The summed E-state index contributed by atoms with van der Waals surface area (Å²) in [6.45, 7) is 4.07. The topological polar surface area (TPSA) is 83.0 Å². The van der Waals surface area contributed by atoms with Gasteiger partial charge in [0.25, 0.3) is 5.91 Å². The van der Waals surface area contributed by atoms with Gasteiger partial charge in [0.05, 0.1) is 11.6 Å². The third kappa shape index (κ3) is 4.36. The maximum Gasteiger partial charge on any atom is 0.253 e. The van der Waals surface area contributed by atoms with Gasteiger partial charge in [-0.15, -0.1) is 10.2 Å². The van der Waals surface area contributed by atoms with E-state index in [-0.39, 0.29) is 23.8 Å². The van der Waals surface area contributed by atoms with Crippen molar-refractivity contribution in [3.63, 3.8) is 0 Å². The molecule has 1 saturated carbocycles. The molecular weight excluding hydrogens is 388 g/mol. The molecule has 6 nitrogen and oxygen atoms in total. The summed E-state index contributed by atoms with van der Waals surface area (Å²) in [5.41, 5.74) is 3.34. The molecule has 1 fully saturated rings. The molecule has 0 unspecified atom stereocenters. The average Bonchev–Trinajstić information content (AvgIpc) is 3.48. The monoisotopic (exact) mass is 414 g/mol. The summed E-state index contributed by atoms with van der Waals surface area (Å²) in [4.78, 5) is 14.9. The van der Waals surface area contributed by atoms with Crippen LogP contribution in [0, 0.1) is 11.3 Å². The Labute approximate surface area is 182 Å². The molecule has 2 aromatic carbocycles. The van der Waals surface area contributed by atoms with Crippen LogP contribution in [0.25, 0.3) is 11.1 Å². The van der Waals surface area contributed by atoms with Crippen LogP contribution in [0.2, 0.25) is 0 Å². The third-order valence-corrected chi connectivity index (χ3v) is 6.05. The van der Waals surface area contributed by atoms with E-state index in [0.717, 1.165) is 30.4 Å². The zero-order chi connectivity index (χ0) is 22.0. The Kier molecular flexibility index (Phi) is 5.85. The highest BCUT2D eigenvalue weighted by Gasteiger charge is 2.34. The van der Waals surface area contributed by atoms with Crippen LogP contribution in [0.4, 0.5) is 0 Å². The van der Waals surface area contributed by atoms with Crippen molar-refractivity contribution in [1.29, 1.82) is 5.26 Å². The summed E-state index contributed by atoms with van der Waals surface area (Å²) < 4.78 is 5.83. The Bertz CT molecular complexity index is 1090. The molecule has 1 aromatic heterocycles. The van der Waals surface area contributed by atoms with Crippen LogP contribution in [0.3, 0.4) is 0 Å². The zero-order valence-electron chi connectivity index (χ0n) is 18.1. The standard InChI is InChI=1S/C25H26N4O2/c1-16(2)23-27-28-24(31-23)21-12-13-22(14-21)29(3)25(30)20-10-8-19(9-11-20)18-6-4-17(15-26)5-7-18/h4-11,16,21-22H,12-14H2,1-3H3/t21-,22+/m0/s1. The first kappa shape index (κ1) is 20.8. The Morgan fingerprint density at radius 1 is 1.06 bits per heavy atom. The van der Waals surface area contributed by atoms with Crippen LogP contribution in [-0.4, -0.2) is 34.1 Å². The third-order valence-electron chi connectivity index (χ3n) is 6.05. The number of carbonyl (C=O) groups is 1. The molecule has 0 radical (unpaired) electrons. The number of carbonyl (C=O) groups excluding carboxylic acids is 1. The fraction of sp³-hybridized carbons (Fsp3) is 0.360. The first-order valence-corrected chi connectivity index (χ1v) is 10.7. The van der Waals surface area contributed by atoms with Crippen molar-refractivity contribution in [3.8, 4) is 17.2 Å². The number of rotatable bonds is 5. The molecule has 2 atom stereocenters. The van der Waals surface area contributed by atoms with Gasteiger partial charge >= 0.3 is 0 Å². The maximum absolute atomic E-state index is 13.0.